The molecule has 2 rings (SSSR count). The summed E-state index contributed by atoms with van der Waals surface area (Å²) in [5.74, 6) is -0.240. The Hall–Kier alpha value is -2.81. The lowest BCUT2D eigenvalue weighted by Crippen LogP contribution is -2.38. The molecule has 1 heterocycles. The Morgan fingerprint density at radius 1 is 1.10 bits per heavy atom. The second-order valence-corrected chi connectivity index (χ2v) is 6.47. The quantitative estimate of drug-likeness (QED) is 0.572. The zero-order valence-electron chi connectivity index (χ0n) is 16.8. The first-order chi connectivity index (χ1) is 14.0. The molecule has 1 aromatic carbocycles. The van der Waals surface area contributed by atoms with Crippen LogP contribution in [0.4, 0.5) is 10.5 Å². The zero-order valence-corrected chi connectivity index (χ0v) is 16.8. The number of nitrogens with one attached hydrogen (secondary N) is 2. The van der Waals surface area contributed by atoms with Crippen molar-refractivity contribution in [2.75, 3.05) is 31.7 Å². The number of amides is 3. The molecule has 0 aromatic heterocycles. The van der Waals surface area contributed by atoms with Crippen molar-refractivity contribution >= 4 is 23.6 Å². The number of carbonyl (C=O) groups excluding carboxylic acids is 3. The number of anilines is 1. The van der Waals surface area contributed by atoms with Crippen LogP contribution >= 0.6 is 0 Å². The van der Waals surface area contributed by atoms with Gasteiger partial charge in [0.2, 0.25) is 0 Å². The number of urea groups is 1. The maximum atomic E-state index is 12.0. The van der Waals surface area contributed by atoms with Crippen LogP contribution in [0.3, 0.4) is 0 Å². The van der Waals surface area contributed by atoms with E-state index in [0.717, 1.165) is 19.3 Å². The summed E-state index contributed by atoms with van der Waals surface area (Å²) in [6.07, 6.45) is 2.40. The van der Waals surface area contributed by atoms with Gasteiger partial charge in [-0.2, -0.15) is 0 Å². The van der Waals surface area contributed by atoms with Crippen LogP contribution in [-0.2, 0) is 19.1 Å². The van der Waals surface area contributed by atoms with E-state index in [-0.39, 0.29) is 0 Å². The maximum absolute atomic E-state index is 12.0. The van der Waals surface area contributed by atoms with E-state index in [1.165, 1.54) is 0 Å². The summed E-state index contributed by atoms with van der Waals surface area (Å²) in [6, 6.07) is 4.22. The average Bonchev–Trinajstić information content (AvgIpc) is 3.24. The standard InChI is InChI=1S/C20H28N2O7/c1-3-9-26-15-8-7-14(12-17(15)27-10-4-2)21-20(25)22-18(23)13-29-19(24)16-6-5-11-28-16/h7-8,12,16H,3-6,9-11,13H2,1-2H3,(H2,21,22,23,25)/t16-/m1/s1. The number of imide groups is 1. The number of hydrogen-bond acceptors (Lipinski definition) is 7. The summed E-state index contributed by atoms with van der Waals surface area (Å²) in [5.41, 5.74) is 0.432. The molecule has 2 N–H and O–H groups in total. The zero-order chi connectivity index (χ0) is 21.1. The van der Waals surface area contributed by atoms with E-state index in [0.29, 0.717) is 43.4 Å². The molecule has 0 radical (unpaired) electrons. The third-order valence-electron chi connectivity index (χ3n) is 3.92. The van der Waals surface area contributed by atoms with Crippen LogP contribution in [0.25, 0.3) is 0 Å². The SMILES string of the molecule is CCCOc1ccc(NC(=O)NC(=O)COC(=O)[C@H]2CCCO2)cc1OCCC. The van der Waals surface area contributed by atoms with Crippen LogP contribution in [0.1, 0.15) is 39.5 Å². The van der Waals surface area contributed by atoms with E-state index in [1.54, 1.807) is 18.2 Å². The van der Waals surface area contributed by atoms with Gasteiger partial charge in [-0.05, 0) is 37.8 Å². The van der Waals surface area contributed by atoms with Gasteiger partial charge in [0.15, 0.2) is 24.2 Å². The van der Waals surface area contributed by atoms with Gasteiger partial charge in [-0.3, -0.25) is 10.1 Å². The Kier molecular flexibility index (Phi) is 9.23. The molecule has 9 nitrogen and oxygen atoms in total. The lowest BCUT2D eigenvalue weighted by atomic mass is 10.2. The van der Waals surface area contributed by atoms with Crippen molar-refractivity contribution in [2.45, 2.75) is 45.6 Å². The molecule has 0 bridgehead atoms. The normalized spacial score (nSPS) is 15.4. The van der Waals surface area contributed by atoms with Gasteiger partial charge in [-0.25, -0.2) is 9.59 Å². The highest BCUT2D eigenvalue weighted by atomic mass is 16.6. The van der Waals surface area contributed by atoms with Crippen molar-refractivity contribution in [3.63, 3.8) is 0 Å². The molecular weight excluding hydrogens is 380 g/mol. The molecule has 1 aliphatic heterocycles. The summed E-state index contributed by atoms with van der Waals surface area (Å²) in [4.78, 5) is 35.5. The minimum atomic E-state index is -0.744. The molecule has 9 heteroatoms. The van der Waals surface area contributed by atoms with Crippen LogP contribution in [0.5, 0.6) is 11.5 Å². The molecule has 3 amide bonds. The van der Waals surface area contributed by atoms with Gasteiger partial charge in [-0.1, -0.05) is 13.8 Å². The number of benzene rings is 1. The Morgan fingerprint density at radius 3 is 2.48 bits per heavy atom. The Labute approximate surface area is 170 Å². The number of ether oxygens (including phenoxy) is 4. The number of carbonyl (C=O) groups is 3. The van der Waals surface area contributed by atoms with Crippen molar-refractivity contribution in [3.8, 4) is 11.5 Å². The minimum absolute atomic E-state index is 0.432. The van der Waals surface area contributed by atoms with Crippen molar-refractivity contribution in [2.24, 2.45) is 0 Å². The highest BCUT2D eigenvalue weighted by molar-refractivity contribution is 6.02. The number of hydrogen-bond donors (Lipinski definition) is 2. The molecule has 0 unspecified atom stereocenters. The fourth-order valence-electron chi connectivity index (χ4n) is 2.56. The van der Waals surface area contributed by atoms with Crippen LogP contribution in [0.2, 0.25) is 0 Å². The van der Waals surface area contributed by atoms with Gasteiger partial charge in [0.25, 0.3) is 5.91 Å². The molecule has 0 aliphatic carbocycles. The van der Waals surface area contributed by atoms with Crippen LogP contribution < -0.4 is 20.1 Å². The number of rotatable bonds is 10. The van der Waals surface area contributed by atoms with Gasteiger partial charge in [-0.15, -0.1) is 0 Å². The van der Waals surface area contributed by atoms with Crippen molar-refractivity contribution < 1.29 is 33.3 Å². The Balaban J connectivity index is 1.84. The molecule has 0 spiro atoms. The second kappa shape index (κ2) is 11.9. The number of esters is 1. The highest BCUT2D eigenvalue weighted by Crippen LogP contribution is 2.31. The van der Waals surface area contributed by atoms with Crippen LogP contribution in [0.15, 0.2) is 18.2 Å². The maximum Gasteiger partial charge on any atom is 0.335 e. The van der Waals surface area contributed by atoms with Gasteiger partial charge in [0.05, 0.1) is 13.2 Å². The highest BCUT2D eigenvalue weighted by Gasteiger charge is 2.25. The predicted molar refractivity (Wildman–Crippen MR) is 105 cm³/mol. The first kappa shape index (κ1) is 22.5. The molecule has 0 saturated carbocycles. The molecule has 1 aliphatic rings. The predicted octanol–water partition coefficient (Wildman–Crippen LogP) is 2.63. The topological polar surface area (TPSA) is 112 Å². The molecule has 1 aromatic rings. The second-order valence-electron chi connectivity index (χ2n) is 6.47. The average molecular weight is 408 g/mol. The molecular formula is C20H28N2O7. The van der Waals surface area contributed by atoms with Crippen molar-refractivity contribution in [1.29, 1.82) is 0 Å². The van der Waals surface area contributed by atoms with Gasteiger partial charge in [0.1, 0.15) is 0 Å². The van der Waals surface area contributed by atoms with E-state index in [1.807, 2.05) is 13.8 Å². The molecule has 1 fully saturated rings. The lowest BCUT2D eigenvalue weighted by Gasteiger charge is -2.14. The third kappa shape index (κ3) is 7.61. The summed E-state index contributed by atoms with van der Waals surface area (Å²) in [5, 5.41) is 4.65. The van der Waals surface area contributed by atoms with Crippen LogP contribution in [-0.4, -0.2) is 50.4 Å². The van der Waals surface area contributed by atoms with E-state index in [2.05, 4.69) is 10.6 Å². The summed E-state index contributed by atoms with van der Waals surface area (Å²) in [7, 11) is 0. The molecule has 29 heavy (non-hydrogen) atoms. The summed E-state index contributed by atoms with van der Waals surface area (Å²) in [6.45, 7) is 4.99. The summed E-state index contributed by atoms with van der Waals surface area (Å²) < 4.78 is 21.3. The molecule has 1 atom stereocenters. The Morgan fingerprint density at radius 2 is 1.83 bits per heavy atom. The van der Waals surface area contributed by atoms with Crippen LogP contribution in [0, 0.1) is 0 Å². The van der Waals surface area contributed by atoms with E-state index in [4.69, 9.17) is 18.9 Å². The smallest absolute Gasteiger partial charge is 0.335 e. The molecule has 1 saturated heterocycles. The lowest BCUT2D eigenvalue weighted by molar-refractivity contribution is -0.157. The largest absolute Gasteiger partial charge is 0.490 e. The van der Waals surface area contributed by atoms with Gasteiger partial charge in [0, 0.05) is 18.4 Å². The van der Waals surface area contributed by atoms with Gasteiger partial charge >= 0.3 is 12.0 Å². The third-order valence-corrected chi connectivity index (χ3v) is 3.92. The Bertz CT molecular complexity index is 702. The fourth-order valence-corrected chi connectivity index (χ4v) is 2.56. The van der Waals surface area contributed by atoms with Gasteiger partial charge < -0.3 is 24.3 Å². The molecule has 160 valence electrons. The van der Waals surface area contributed by atoms with E-state index >= 15 is 0 Å². The first-order valence-corrected chi connectivity index (χ1v) is 9.82. The minimum Gasteiger partial charge on any atom is -0.490 e. The first-order valence-electron chi connectivity index (χ1n) is 9.82. The van der Waals surface area contributed by atoms with E-state index < -0.39 is 30.6 Å². The van der Waals surface area contributed by atoms with Crippen molar-refractivity contribution in [3.05, 3.63) is 18.2 Å². The van der Waals surface area contributed by atoms with Crippen molar-refractivity contribution in [1.82, 2.24) is 5.32 Å². The summed E-state index contributed by atoms with van der Waals surface area (Å²) >= 11 is 0. The monoisotopic (exact) mass is 408 g/mol. The van der Waals surface area contributed by atoms with E-state index in [9.17, 15) is 14.4 Å². The fraction of sp³-hybridized carbons (Fsp3) is 0.550.